The van der Waals surface area contributed by atoms with Crippen LogP contribution in [0, 0.1) is 6.92 Å². The summed E-state index contributed by atoms with van der Waals surface area (Å²) in [5.41, 5.74) is 3.78. The van der Waals surface area contributed by atoms with Gasteiger partial charge in [0, 0.05) is 22.8 Å². The number of aromatic amines is 1. The van der Waals surface area contributed by atoms with Crippen LogP contribution in [0.4, 0.5) is 23.1 Å². The fraction of sp³-hybridized carbons (Fsp3) is 0.261. The third-order valence-electron chi connectivity index (χ3n) is 5.41. The van der Waals surface area contributed by atoms with Crippen molar-refractivity contribution in [3.8, 4) is 5.75 Å². The number of benzene rings is 2. The number of hydrogen-bond acceptors (Lipinski definition) is 7. The molecule has 1 saturated heterocycles. The number of ether oxygens (including phenoxy) is 1. The predicted molar refractivity (Wildman–Crippen MR) is 122 cm³/mol. The largest absolute Gasteiger partial charge is 0.490 e. The van der Waals surface area contributed by atoms with Crippen molar-refractivity contribution in [3.63, 3.8) is 0 Å². The number of piperidine rings is 1. The highest BCUT2D eigenvalue weighted by atomic mass is 16.5. The summed E-state index contributed by atoms with van der Waals surface area (Å²) >= 11 is 0. The highest BCUT2D eigenvalue weighted by molar-refractivity contribution is 5.92. The molecule has 0 saturated carbocycles. The van der Waals surface area contributed by atoms with Gasteiger partial charge in [-0.05, 0) is 69.3 Å². The van der Waals surface area contributed by atoms with E-state index in [4.69, 9.17) is 4.74 Å². The maximum absolute atomic E-state index is 6.07. The number of rotatable bonds is 6. The summed E-state index contributed by atoms with van der Waals surface area (Å²) in [5, 5.41) is 18.2. The molecule has 1 fully saturated rings. The lowest BCUT2D eigenvalue weighted by Crippen LogP contribution is -2.34. The number of nitrogens with one attached hydrogen (secondary N) is 4. The summed E-state index contributed by atoms with van der Waals surface area (Å²) in [6, 6.07) is 13.9. The molecule has 1 aliphatic rings. The van der Waals surface area contributed by atoms with Gasteiger partial charge >= 0.3 is 0 Å². The summed E-state index contributed by atoms with van der Waals surface area (Å²) < 4.78 is 6.07. The number of hydrogen-bond donors (Lipinski definition) is 4. The highest BCUT2D eigenvalue weighted by Crippen LogP contribution is 2.27. The van der Waals surface area contributed by atoms with Crippen LogP contribution in [0.25, 0.3) is 10.9 Å². The van der Waals surface area contributed by atoms with Crippen molar-refractivity contribution in [1.82, 2.24) is 25.5 Å². The van der Waals surface area contributed by atoms with E-state index in [0.717, 1.165) is 65.3 Å². The van der Waals surface area contributed by atoms with Gasteiger partial charge in [-0.3, -0.25) is 5.10 Å². The molecule has 4 N–H and O–H groups in total. The molecule has 0 amide bonds. The topological polar surface area (TPSA) is 99.8 Å². The smallest absolute Gasteiger partial charge is 0.229 e. The zero-order valence-electron chi connectivity index (χ0n) is 17.4. The minimum atomic E-state index is 0.286. The predicted octanol–water partition coefficient (Wildman–Crippen LogP) is 4.28. The quantitative estimate of drug-likeness (QED) is 0.373. The zero-order chi connectivity index (χ0) is 21.0. The Balaban J connectivity index is 1.29. The van der Waals surface area contributed by atoms with Crippen LogP contribution in [0.5, 0.6) is 5.75 Å². The van der Waals surface area contributed by atoms with E-state index in [0.29, 0.717) is 5.95 Å². The second kappa shape index (κ2) is 8.61. The average Bonchev–Trinajstić information content (AvgIpc) is 3.28. The first kappa shape index (κ1) is 19.3. The lowest BCUT2D eigenvalue weighted by molar-refractivity contribution is 0.162. The van der Waals surface area contributed by atoms with Gasteiger partial charge in [0.15, 0.2) is 0 Å². The van der Waals surface area contributed by atoms with Crippen LogP contribution in [-0.4, -0.2) is 39.4 Å². The Hall–Kier alpha value is -3.65. The van der Waals surface area contributed by atoms with Gasteiger partial charge < -0.3 is 20.7 Å². The number of nitrogens with zero attached hydrogens (tertiary/aromatic N) is 3. The molecule has 1 aliphatic heterocycles. The third-order valence-corrected chi connectivity index (χ3v) is 5.41. The van der Waals surface area contributed by atoms with Crippen molar-refractivity contribution in [1.29, 1.82) is 0 Å². The minimum absolute atomic E-state index is 0.286. The van der Waals surface area contributed by atoms with Crippen LogP contribution in [0.15, 0.2) is 54.9 Å². The first-order valence-corrected chi connectivity index (χ1v) is 10.5. The Morgan fingerprint density at radius 2 is 1.84 bits per heavy atom. The fourth-order valence-corrected chi connectivity index (χ4v) is 3.69. The molecular weight excluding hydrogens is 390 g/mol. The number of aromatic nitrogens is 4. The van der Waals surface area contributed by atoms with Crippen molar-refractivity contribution in [2.24, 2.45) is 0 Å². The van der Waals surface area contributed by atoms with Crippen LogP contribution in [0.3, 0.4) is 0 Å². The van der Waals surface area contributed by atoms with E-state index in [-0.39, 0.29) is 6.10 Å². The first-order chi connectivity index (χ1) is 15.2. The van der Waals surface area contributed by atoms with Crippen molar-refractivity contribution >= 4 is 34.0 Å². The third kappa shape index (κ3) is 4.44. The maximum atomic E-state index is 6.07. The van der Waals surface area contributed by atoms with Crippen molar-refractivity contribution in [2.75, 3.05) is 23.7 Å². The SMILES string of the molecule is Cc1cnc(Nc2ccc(OC3CCNCC3)cc2)nc1Nc1cccc2[nH]ncc12. The second-order valence-electron chi connectivity index (χ2n) is 7.70. The van der Waals surface area contributed by atoms with Crippen LogP contribution in [-0.2, 0) is 0 Å². The highest BCUT2D eigenvalue weighted by Gasteiger charge is 2.14. The summed E-state index contributed by atoms with van der Waals surface area (Å²) in [6.07, 6.45) is 5.98. The van der Waals surface area contributed by atoms with E-state index in [1.807, 2.05) is 55.6 Å². The standard InChI is InChI=1S/C23H25N7O/c1-15-13-25-23(29-22(15)28-20-3-2-4-21-19(20)14-26-30-21)27-16-5-7-17(8-6-16)31-18-9-11-24-12-10-18/h2-8,13-14,18,24H,9-12H2,1H3,(H,26,30)(H2,25,27,28,29). The molecule has 0 atom stereocenters. The van der Waals surface area contributed by atoms with Crippen molar-refractivity contribution in [3.05, 3.63) is 60.4 Å². The molecule has 2 aromatic carbocycles. The van der Waals surface area contributed by atoms with E-state index in [2.05, 4.69) is 36.1 Å². The van der Waals surface area contributed by atoms with Gasteiger partial charge in [-0.15, -0.1) is 0 Å². The van der Waals surface area contributed by atoms with E-state index in [9.17, 15) is 0 Å². The Bertz CT molecular complexity index is 1170. The Kier molecular flexibility index (Phi) is 5.37. The van der Waals surface area contributed by atoms with Crippen LogP contribution in [0.2, 0.25) is 0 Å². The van der Waals surface area contributed by atoms with Gasteiger partial charge in [0.05, 0.1) is 17.4 Å². The van der Waals surface area contributed by atoms with Crippen LogP contribution in [0.1, 0.15) is 18.4 Å². The van der Waals surface area contributed by atoms with Gasteiger partial charge in [0.1, 0.15) is 17.7 Å². The van der Waals surface area contributed by atoms with Crippen molar-refractivity contribution < 1.29 is 4.74 Å². The first-order valence-electron chi connectivity index (χ1n) is 10.5. The van der Waals surface area contributed by atoms with Gasteiger partial charge in [0.25, 0.3) is 0 Å². The molecule has 0 spiro atoms. The molecule has 5 rings (SSSR count). The van der Waals surface area contributed by atoms with Gasteiger partial charge in [-0.1, -0.05) is 6.07 Å². The normalized spacial score (nSPS) is 14.5. The van der Waals surface area contributed by atoms with E-state index >= 15 is 0 Å². The van der Waals surface area contributed by atoms with Gasteiger partial charge in [-0.25, -0.2) is 4.98 Å². The number of fused-ring (bicyclic) bond motifs is 1. The zero-order valence-corrected chi connectivity index (χ0v) is 17.4. The Labute approximate surface area is 180 Å². The van der Waals surface area contributed by atoms with Crippen LogP contribution < -0.4 is 20.7 Å². The lowest BCUT2D eigenvalue weighted by Gasteiger charge is -2.23. The van der Waals surface area contributed by atoms with Gasteiger partial charge in [0.2, 0.25) is 5.95 Å². The summed E-state index contributed by atoms with van der Waals surface area (Å²) in [5.74, 6) is 2.16. The van der Waals surface area contributed by atoms with E-state index < -0.39 is 0 Å². The fourth-order valence-electron chi connectivity index (χ4n) is 3.69. The second-order valence-corrected chi connectivity index (χ2v) is 7.70. The number of aryl methyl sites for hydroxylation is 1. The molecule has 8 heteroatoms. The molecule has 4 aromatic rings. The maximum Gasteiger partial charge on any atom is 0.229 e. The molecule has 31 heavy (non-hydrogen) atoms. The van der Waals surface area contributed by atoms with E-state index in [1.165, 1.54) is 0 Å². The summed E-state index contributed by atoms with van der Waals surface area (Å²) in [6.45, 7) is 4.01. The average molecular weight is 416 g/mol. The Morgan fingerprint density at radius 1 is 1.00 bits per heavy atom. The van der Waals surface area contributed by atoms with E-state index in [1.54, 1.807) is 6.20 Å². The molecule has 158 valence electrons. The van der Waals surface area contributed by atoms with Gasteiger partial charge in [-0.2, -0.15) is 10.1 Å². The molecule has 0 radical (unpaired) electrons. The number of H-pyrrole nitrogens is 1. The molecule has 0 aliphatic carbocycles. The molecule has 0 unspecified atom stereocenters. The van der Waals surface area contributed by atoms with Crippen molar-refractivity contribution in [2.45, 2.75) is 25.9 Å². The Morgan fingerprint density at radius 3 is 2.68 bits per heavy atom. The monoisotopic (exact) mass is 415 g/mol. The van der Waals surface area contributed by atoms with Crippen LogP contribution >= 0.6 is 0 Å². The molecule has 0 bridgehead atoms. The molecule has 2 aromatic heterocycles. The summed E-state index contributed by atoms with van der Waals surface area (Å²) in [7, 11) is 0. The molecule has 8 nitrogen and oxygen atoms in total. The molecular formula is C23H25N7O. The lowest BCUT2D eigenvalue weighted by atomic mass is 10.1. The number of anilines is 4. The molecule has 3 heterocycles. The summed E-state index contributed by atoms with van der Waals surface area (Å²) in [4.78, 5) is 9.09. The minimum Gasteiger partial charge on any atom is -0.490 e.